The molecule has 2 amide bonds. The molecule has 0 aromatic heterocycles. The molecule has 0 aliphatic carbocycles. The quantitative estimate of drug-likeness (QED) is 0.811. The molecular weight excluding hydrogens is 396 g/mol. The van der Waals surface area contributed by atoms with Gasteiger partial charge in [-0.2, -0.15) is 0 Å². The normalized spacial score (nSPS) is 19.1. The fourth-order valence-corrected chi connectivity index (χ4v) is 3.73. The van der Waals surface area contributed by atoms with Gasteiger partial charge in [0.25, 0.3) is 0 Å². The van der Waals surface area contributed by atoms with Gasteiger partial charge in [-0.3, -0.25) is 0 Å². The second-order valence-corrected chi connectivity index (χ2v) is 7.45. The van der Waals surface area contributed by atoms with Gasteiger partial charge in [0.15, 0.2) is 0 Å². The molecule has 2 aromatic rings. The number of fused-ring (bicyclic) bond motifs is 1. The molecule has 1 fully saturated rings. The SMILES string of the molecule is O=C(O)c1ccc2c(c1)OCC(c1ccc(Cl)cc1)N(C(=O)N1CCOCC1)C2. The van der Waals surface area contributed by atoms with Crippen LogP contribution in [0, 0.1) is 0 Å². The van der Waals surface area contributed by atoms with Crippen molar-refractivity contribution in [2.75, 3.05) is 32.9 Å². The Hall–Kier alpha value is -2.77. The average molecular weight is 417 g/mol. The lowest BCUT2D eigenvalue weighted by Crippen LogP contribution is -2.49. The summed E-state index contributed by atoms with van der Waals surface area (Å²) in [5.74, 6) is -0.530. The summed E-state index contributed by atoms with van der Waals surface area (Å²) in [6.45, 7) is 2.63. The van der Waals surface area contributed by atoms with Crippen molar-refractivity contribution in [3.63, 3.8) is 0 Å². The van der Waals surface area contributed by atoms with Crippen LogP contribution in [0.3, 0.4) is 0 Å². The Balaban J connectivity index is 1.69. The van der Waals surface area contributed by atoms with Gasteiger partial charge in [0.2, 0.25) is 0 Å². The summed E-state index contributed by atoms with van der Waals surface area (Å²) in [5.41, 5.74) is 1.83. The van der Waals surface area contributed by atoms with E-state index in [1.165, 1.54) is 12.1 Å². The largest absolute Gasteiger partial charge is 0.491 e. The third-order valence-corrected chi connectivity index (χ3v) is 5.46. The zero-order valence-electron chi connectivity index (χ0n) is 15.7. The van der Waals surface area contributed by atoms with Crippen LogP contribution in [-0.4, -0.2) is 59.8 Å². The molecule has 1 saturated heterocycles. The van der Waals surface area contributed by atoms with Crippen LogP contribution in [0.25, 0.3) is 0 Å². The highest BCUT2D eigenvalue weighted by molar-refractivity contribution is 6.30. The van der Waals surface area contributed by atoms with E-state index in [4.69, 9.17) is 21.1 Å². The second kappa shape index (κ2) is 8.31. The molecule has 2 aromatic carbocycles. The van der Waals surface area contributed by atoms with E-state index in [1.54, 1.807) is 28.0 Å². The van der Waals surface area contributed by atoms with E-state index < -0.39 is 5.97 Å². The molecule has 2 aliphatic heterocycles. The third kappa shape index (κ3) is 4.16. The van der Waals surface area contributed by atoms with Crippen LogP contribution in [0.15, 0.2) is 42.5 Å². The lowest BCUT2D eigenvalue weighted by Gasteiger charge is -2.36. The van der Waals surface area contributed by atoms with Crippen molar-refractivity contribution in [1.82, 2.24) is 9.80 Å². The number of rotatable bonds is 2. The standard InChI is InChI=1S/C21H21ClN2O5/c22-17-5-3-14(4-6-17)18-13-29-19-11-15(20(25)26)1-2-16(19)12-24(18)21(27)23-7-9-28-10-8-23/h1-6,11,18H,7-10,12-13H2,(H,25,26). The lowest BCUT2D eigenvalue weighted by atomic mass is 10.1. The van der Waals surface area contributed by atoms with E-state index in [2.05, 4.69) is 0 Å². The summed E-state index contributed by atoms with van der Waals surface area (Å²) >= 11 is 6.03. The van der Waals surface area contributed by atoms with Gasteiger partial charge >= 0.3 is 12.0 Å². The van der Waals surface area contributed by atoms with E-state index in [-0.39, 0.29) is 24.2 Å². The summed E-state index contributed by atoms with van der Waals surface area (Å²) in [6.07, 6.45) is 0. The van der Waals surface area contributed by atoms with Crippen LogP contribution in [0.5, 0.6) is 5.75 Å². The van der Waals surface area contributed by atoms with Gasteiger partial charge in [0, 0.05) is 23.7 Å². The van der Waals surface area contributed by atoms with Crippen molar-refractivity contribution in [2.45, 2.75) is 12.6 Å². The third-order valence-electron chi connectivity index (χ3n) is 5.21. The van der Waals surface area contributed by atoms with E-state index in [0.717, 1.165) is 11.1 Å². The number of carboxylic acid groups (broad SMARTS) is 1. The number of morpholine rings is 1. The Labute approximate surface area is 173 Å². The fraction of sp³-hybridized carbons (Fsp3) is 0.333. The van der Waals surface area contributed by atoms with Crippen molar-refractivity contribution in [3.8, 4) is 5.75 Å². The number of aromatic carboxylic acids is 1. The molecule has 1 N–H and O–H groups in total. The van der Waals surface area contributed by atoms with Gasteiger partial charge < -0.3 is 24.4 Å². The second-order valence-electron chi connectivity index (χ2n) is 7.02. The van der Waals surface area contributed by atoms with Crippen LogP contribution < -0.4 is 4.74 Å². The summed E-state index contributed by atoms with van der Waals surface area (Å²) in [5, 5.41) is 9.89. The highest BCUT2D eigenvalue weighted by Crippen LogP contribution is 2.33. The zero-order chi connectivity index (χ0) is 20.4. The Bertz CT molecular complexity index is 912. The van der Waals surface area contributed by atoms with Crippen molar-refractivity contribution >= 4 is 23.6 Å². The number of carbonyl (C=O) groups excluding carboxylic acids is 1. The number of carboxylic acids is 1. The van der Waals surface area contributed by atoms with E-state index in [1.807, 2.05) is 12.1 Å². The Kier molecular flexibility index (Phi) is 5.60. The monoisotopic (exact) mass is 416 g/mol. The molecule has 8 heteroatoms. The van der Waals surface area contributed by atoms with Gasteiger partial charge in [-0.05, 0) is 29.8 Å². The van der Waals surface area contributed by atoms with Gasteiger partial charge in [0.05, 0.1) is 31.4 Å². The molecule has 7 nitrogen and oxygen atoms in total. The number of urea groups is 1. The van der Waals surface area contributed by atoms with Crippen LogP contribution >= 0.6 is 11.6 Å². The van der Waals surface area contributed by atoms with Crippen LogP contribution in [-0.2, 0) is 11.3 Å². The minimum Gasteiger partial charge on any atom is -0.491 e. The van der Waals surface area contributed by atoms with E-state index in [9.17, 15) is 14.7 Å². The summed E-state index contributed by atoms with van der Waals surface area (Å²) in [4.78, 5) is 28.2. The maximum Gasteiger partial charge on any atom is 0.335 e. The predicted molar refractivity (Wildman–Crippen MR) is 106 cm³/mol. The molecule has 2 aliphatic rings. The molecule has 0 radical (unpaired) electrons. The van der Waals surface area contributed by atoms with Crippen molar-refractivity contribution in [2.24, 2.45) is 0 Å². The Morgan fingerprint density at radius 2 is 1.79 bits per heavy atom. The first-order chi connectivity index (χ1) is 14.0. The molecule has 29 heavy (non-hydrogen) atoms. The minimum atomic E-state index is -1.02. The Morgan fingerprint density at radius 3 is 2.48 bits per heavy atom. The fourth-order valence-electron chi connectivity index (χ4n) is 3.60. The number of halogens is 1. The first-order valence-electron chi connectivity index (χ1n) is 9.40. The van der Waals surface area contributed by atoms with Crippen molar-refractivity contribution in [3.05, 3.63) is 64.2 Å². The average Bonchev–Trinajstić information content (AvgIpc) is 2.93. The number of ether oxygens (including phenoxy) is 2. The number of carbonyl (C=O) groups is 2. The van der Waals surface area contributed by atoms with Crippen LogP contribution in [0.2, 0.25) is 5.02 Å². The number of hydrogen-bond donors (Lipinski definition) is 1. The van der Waals surface area contributed by atoms with Gasteiger partial charge in [-0.25, -0.2) is 9.59 Å². The molecule has 0 saturated carbocycles. The molecule has 4 rings (SSSR count). The van der Waals surface area contributed by atoms with Crippen molar-refractivity contribution < 1.29 is 24.2 Å². The maximum absolute atomic E-state index is 13.4. The number of hydrogen-bond acceptors (Lipinski definition) is 4. The van der Waals surface area contributed by atoms with Crippen LogP contribution in [0.4, 0.5) is 4.79 Å². The zero-order valence-corrected chi connectivity index (χ0v) is 16.5. The van der Waals surface area contributed by atoms with Gasteiger partial charge in [-0.15, -0.1) is 0 Å². The molecule has 2 heterocycles. The highest BCUT2D eigenvalue weighted by atomic mass is 35.5. The smallest absolute Gasteiger partial charge is 0.335 e. The molecule has 0 bridgehead atoms. The highest BCUT2D eigenvalue weighted by Gasteiger charge is 2.33. The summed E-state index contributed by atoms with van der Waals surface area (Å²) in [7, 11) is 0. The number of benzene rings is 2. The lowest BCUT2D eigenvalue weighted by molar-refractivity contribution is 0.0362. The van der Waals surface area contributed by atoms with Gasteiger partial charge in [0.1, 0.15) is 12.4 Å². The van der Waals surface area contributed by atoms with Crippen molar-refractivity contribution in [1.29, 1.82) is 0 Å². The Morgan fingerprint density at radius 1 is 1.07 bits per heavy atom. The molecule has 1 atom stereocenters. The predicted octanol–water partition coefficient (Wildman–Crippen LogP) is 3.43. The molecule has 152 valence electrons. The summed E-state index contributed by atoms with van der Waals surface area (Å²) < 4.78 is 11.3. The topological polar surface area (TPSA) is 79.3 Å². The van der Waals surface area contributed by atoms with E-state index >= 15 is 0 Å². The first-order valence-corrected chi connectivity index (χ1v) is 9.78. The van der Waals surface area contributed by atoms with E-state index in [0.29, 0.717) is 43.6 Å². The molecule has 1 unspecified atom stereocenters. The van der Waals surface area contributed by atoms with Gasteiger partial charge in [-0.1, -0.05) is 29.8 Å². The maximum atomic E-state index is 13.4. The molecular formula is C21H21ClN2O5. The van der Waals surface area contributed by atoms with Crippen LogP contribution in [0.1, 0.15) is 27.5 Å². The summed E-state index contributed by atoms with van der Waals surface area (Å²) in [6, 6.07) is 11.7. The minimum absolute atomic E-state index is 0.0907. The number of amides is 2. The molecule has 0 spiro atoms. The first kappa shape index (κ1) is 19.5. The number of nitrogens with zero attached hydrogens (tertiary/aromatic N) is 2.